The molecule has 0 spiro atoms. The molecule has 2 aromatic rings. The maximum absolute atomic E-state index is 12.7. The minimum absolute atomic E-state index is 0.0582. The fourth-order valence-electron chi connectivity index (χ4n) is 3.36. The van der Waals surface area contributed by atoms with E-state index >= 15 is 0 Å². The molecule has 1 N–H and O–H groups in total. The molecule has 8 heteroatoms. The molecule has 2 heterocycles. The number of amides is 1. The van der Waals surface area contributed by atoms with Gasteiger partial charge in [-0.3, -0.25) is 19.5 Å². The van der Waals surface area contributed by atoms with Crippen molar-refractivity contribution < 1.29 is 4.79 Å². The van der Waals surface area contributed by atoms with E-state index in [2.05, 4.69) is 20.9 Å². The zero-order valence-electron chi connectivity index (χ0n) is 16.3. The second-order valence-corrected chi connectivity index (χ2v) is 7.26. The standard InChI is InChI=1S/C20H24N6O2/c1-24(2)20-22-16(10-18(27)23-20)12-25(3)17-7-8-26(13-17)19(28)15-6-4-5-14(9-15)11-21/h4-6,9-10,17H,7-8,12-13H2,1-3H3,(H,22,23,27)/t17-/m0/s1. The number of nitrogens with zero attached hydrogens (tertiary/aromatic N) is 5. The van der Waals surface area contributed by atoms with Crippen LogP contribution >= 0.6 is 0 Å². The lowest BCUT2D eigenvalue weighted by molar-refractivity contribution is 0.0779. The summed E-state index contributed by atoms with van der Waals surface area (Å²) < 4.78 is 0. The van der Waals surface area contributed by atoms with Gasteiger partial charge in [-0.05, 0) is 31.7 Å². The van der Waals surface area contributed by atoms with Crippen LogP contribution in [0.1, 0.15) is 28.0 Å². The van der Waals surface area contributed by atoms with Crippen molar-refractivity contribution in [1.29, 1.82) is 5.26 Å². The first-order valence-electron chi connectivity index (χ1n) is 9.14. The first-order valence-corrected chi connectivity index (χ1v) is 9.14. The summed E-state index contributed by atoms with van der Waals surface area (Å²) in [4.78, 5) is 37.5. The summed E-state index contributed by atoms with van der Waals surface area (Å²) in [6.07, 6.45) is 0.851. The number of carbonyl (C=O) groups excluding carboxylic acids is 1. The van der Waals surface area contributed by atoms with E-state index in [9.17, 15) is 9.59 Å². The van der Waals surface area contributed by atoms with Crippen LogP contribution in [-0.2, 0) is 6.54 Å². The highest BCUT2D eigenvalue weighted by molar-refractivity contribution is 5.94. The van der Waals surface area contributed by atoms with Crippen molar-refractivity contribution >= 4 is 11.9 Å². The molecule has 1 amide bonds. The molecular formula is C20H24N6O2. The van der Waals surface area contributed by atoms with Crippen LogP contribution in [0.15, 0.2) is 35.1 Å². The van der Waals surface area contributed by atoms with E-state index in [4.69, 9.17) is 5.26 Å². The quantitative estimate of drug-likeness (QED) is 0.833. The Kier molecular flexibility index (Phi) is 5.76. The van der Waals surface area contributed by atoms with Gasteiger partial charge in [-0.1, -0.05) is 6.07 Å². The molecule has 146 valence electrons. The zero-order chi connectivity index (χ0) is 20.3. The molecule has 28 heavy (non-hydrogen) atoms. The first kappa shape index (κ1) is 19.6. The van der Waals surface area contributed by atoms with Gasteiger partial charge in [0.2, 0.25) is 5.95 Å². The van der Waals surface area contributed by atoms with Gasteiger partial charge in [0.25, 0.3) is 11.5 Å². The van der Waals surface area contributed by atoms with Gasteiger partial charge in [0.1, 0.15) is 0 Å². The molecule has 1 aromatic carbocycles. The van der Waals surface area contributed by atoms with E-state index in [1.54, 1.807) is 29.2 Å². The topological polar surface area (TPSA) is 96.3 Å². The summed E-state index contributed by atoms with van der Waals surface area (Å²) in [6, 6.07) is 10.5. The third-order valence-electron chi connectivity index (χ3n) is 4.93. The second-order valence-electron chi connectivity index (χ2n) is 7.26. The van der Waals surface area contributed by atoms with Crippen molar-refractivity contribution in [1.82, 2.24) is 19.8 Å². The van der Waals surface area contributed by atoms with Gasteiger partial charge >= 0.3 is 0 Å². The zero-order valence-corrected chi connectivity index (χ0v) is 16.3. The van der Waals surface area contributed by atoms with Gasteiger partial charge < -0.3 is 9.80 Å². The van der Waals surface area contributed by atoms with Gasteiger partial charge in [-0.2, -0.15) is 5.26 Å². The number of likely N-dealkylation sites (N-methyl/N-ethyl adjacent to an activating group) is 1. The first-order chi connectivity index (χ1) is 13.4. The maximum atomic E-state index is 12.7. The summed E-state index contributed by atoms with van der Waals surface area (Å²) >= 11 is 0. The fraction of sp³-hybridized carbons (Fsp3) is 0.400. The number of likely N-dealkylation sites (tertiary alicyclic amines) is 1. The van der Waals surface area contributed by atoms with Crippen molar-refractivity contribution in [2.45, 2.75) is 19.0 Å². The maximum Gasteiger partial charge on any atom is 0.253 e. The Hall–Kier alpha value is -3.18. The van der Waals surface area contributed by atoms with Crippen molar-refractivity contribution in [3.05, 3.63) is 57.5 Å². The Morgan fingerprint density at radius 2 is 2.14 bits per heavy atom. The molecular weight excluding hydrogens is 356 g/mol. The van der Waals surface area contributed by atoms with Crippen LogP contribution < -0.4 is 10.5 Å². The predicted molar refractivity (Wildman–Crippen MR) is 106 cm³/mol. The van der Waals surface area contributed by atoms with E-state index in [0.29, 0.717) is 42.4 Å². The van der Waals surface area contributed by atoms with Crippen molar-refractivity contribution in [3.8, 4) is 6.07 Å². The SMILES string of the molecule is CN(C)c1nc(CN(C)[C@H]2CCN(C(=O)c3cccc(C#N)c3)C2)cc(=O)[nH]1. The third-order valence-corrected chi connectivity index (χ3v) is 4.93. The molecule has 0 saturated carbocycles. The van der Waals surface area contributed by atoms with Crippen LogP contribution in [0.5, 0.6) is 0 Å². The van der Waals surface area contributed by atoms with E-state index < -0.39 is 0 Å². The minimum Gasteiger partial charge on any atom is -0.348 e. The normalized spacial score (nSPS) is 16.2. The lowest BCUT2D eigenvalue weighted by Crippen LogP contribution is -2.36. The summed E-state index contributed by atoms with van der Waals surface area (Å²) in [7, 11) is 5.63. The smallest absolute Gasteiger partial charge is 0.253 e. The van der Waals surface area contributed by atoms with Crippen LogP contribution in [0.4, 0.5) is 5.95 Å². The summed E-state index contributed by atoms with van der Waals surface area (Å²) in [5, 5.41) is 9.02. The monoisotopic (exact) mass is 380 g/mol. The van der Waals surface area contributed by atoms with Gasteiger partial charge in [-0.25, -0.2) is 4.98 Å². The third kappa shape index (κ3) is 4.38. The molecule has 1 aromatic heterocycles. The Bertz CT molecular complexity index is 962. The van der Waals surface area contributed by atoms with Crippen LogP contribution in [0.2, 0.25) is 0 Å². The molecule has 0 aliphatic carbocycles. The van der Waals surface area contributed by atoms with Crippen LogP contribution in [0.3, 0.4) is 0 Å². The molecule has 3 rings (SSSR count). The molecule has 1 atom stereocenters. The van der Waals surface area contributed by atoms with Crippen molar-refractivity contribution in [2.24, 2.45) is 0 Å². The molecule has 0 radical (unpaired) electrons. The van der Waals surface area contributed by atoms with Gasteiger partial charge in [0, 0.05) is 51.4 Å². The Morgan fingerprint density at radius 3 is 2.86 bits per heavy atom. The second kappa shape index (κ2) is 8.23. The van der Waals surface area contributed by atoms with Gasteiger partial charge in [0.05, 0.1) is 17.3 Å². The molecule has 1 saturated heterocycles. The number of benzene rings is 1. The van der Waals surface area contributed by atoms with Crippen LogP contribution in [-0.4, -0.2) is 65.9 Å². The van der Waals surface area contributed by atoms with Gasteiger partial charge in [-0.15, -0.1) is 0 Å². The van der Waals surface area contributed by atoms with Gasteiger partial charge in [0.15, 0.2) is 0 Å². The molecule has 1 fully saturated rings. The number of hydrogen-bond acceptors (Lipinski definition) is 6. The Labute approximate surface area is 164 Å². The average Bonchev–Trinajstić information content (AvgIpc) is 3.17. The Morgan fingerprint density at radius 1 is 1.36 bits per heavy atom. The minimum atomic E-state index is -0.178. The Balaban J connectivity index is 1.66. The highest BCUT2D eigenvalue weighted by atomic mass is 16.2. The lowest BCUT2D eigenvalue weighted by Gasteiger charge is -2.24. The number of carbonyl (C=O) groups is 1. The van der Waals surface area contributed by atoms with Crippen LogP contribution in [0.25, 0.3) is 0 Å². The highest BCUT2D eigenvalue weighted by Gasteiger charge is 2.29. The number of hydrogen-bond donors (Lipinski definition) is 1. The largest absolute Gasteiger partial charge is 0.348 e. The lowest BCUT2D eigenvalue weighted by atomic mass is 10.1. The summed E-state index contributed by atoms with van der Waals surface area (Å²) in [5.74, 6) is 0.466. The van der Waals surface area contributed by atoms with Crippen molar-refractivity contribution in [2.75, 3.05) is 39.1 Å². The summed E-state index contributed by atoms with van der Waals surface area (Å²) in [5.41, 5.74) is 1.54. The number of aromatic amines is 1. The predicted octanol–water partition coefficient (Wildman–Crippen LogP) is 1.05. The molecule has 0 bridgehead atoms. The number of aromatic nitrogens is 2. The number of anilines is 1. The molecule has 1 aliphatic rings. The van der Waals surface area contributed by atoms with Crippen molar-refractivity contribution in [3.63, 3.8) is 0 Å². The highest BCUT2D eigenvalue weighted by Crippen LogP contribution is 2.19. The van der Waals surface area contributed by atoms with E-state index in [1.807, 2.05) is 26.0 Å². The molecule has 1 aliphatic heterocycles. The van der Waals surface area contributed by atoms with E-state index in [-0.39, 0.29) is 17.5 Å². The van der Waals surface area contributed by atoms with E-state index in [0.717, 1.165) is 6.42 Å². The fourth-order valence-corrected chi connectivity index (χ4v) is 3.36. The number of nitriles is 1. The number of nitrogens with one attached hydrogen (secondary N) is 1. The van der Waals surface area contributed by atoms with Crippen LogP contribution in [0, 0.1) is 11.3 Å². The molecule has 8 nitrogen and oxygen atoms in total. The molecule has 0 unspecified atom stereocenters. The number of H-pyrrole nitrogens is 1. The average molecular weight is 380 g/mol. The number of rotatable bonds is 5. The summed E-state index contributed by atoms with van der Waals surface area (Å²) in [6.45, 7) is 1.80. The van der Waals surface area contributed by atoms with E-state index in [1.165, 1.54) is 6.07 Å².